The topological polar surface area (TPSA) is 67.3 Å². The number of sulfone groups is 1. The highest BCUT2D eigenvalue weighted by molar-refractivity contribution is 7.91. The third-order valence-corrected chi connectivity index (χ3v) is 6.52. The molecular weight excluding hydrogens is 336 g/mol. The van der Waals surface area contributed by atoms with E-state index in [1.807, 2.05) is 42.5 Å². The van der Waals surface area contributed by atoms with Gasteiger partial charge in [0.15, 0.2) is 9.84 Å². The van der Waals surface area contributed by atoms with Gasteiger partial charge in [0.05, 0.1) is 17.4 Å². The van der Waals surface area contributed by atoms with Crippen LogP contribution in [0.3, 0.4) is 0 Å². The van der Waals surface area contributed by atoms with E-state index in [2.05, 4.69) is 4.98 Å². The lowest BCUT2D eigenvalue weighted by atomic mass is 9.91. The quantitative estimate of drug-likeness (QED) is 0.820. The third kappa shape index (κ3) is 4.25. The van der Waals surface area contributed by atoms with Gasteiger partial charge in [-0.15, -0.1) is 0 Å². The van der Waals surface area contributed by atoms with Gasteiger partial charge >= 0.3 is 0 Å². The van der Waals surface area contributed by atoms with Gasteiger partial charge in [0, 0.05) is 25.5 Å². The molecule has 2 aromatic rings. The lowest BCUT2D eigenvalue weighted by molar-refractivity contribution is -0.133. The summed E-state index contributed by atoms with van der Waals surface area (Å²) >= 11 is 0. The number of benzene rings is 1. The number of amides is 1. The van der Waals surface area contributed by atoms with Crippen molar-refractivity contribution >= 4 is 15.7 Å². The summed E-state index contributed by atoms with van der Waals surface area (Å²) in [5, 5.41) is 0. The van der Waals surface area contributed by atoms with Crippen molar-refractivity contribution in [1.82, 2.24) is 9.88 Å². The number of nitrogens with zero attached hydrogens (tertiary/aromatic N) is 2. The molecule has 1 aliphatic rings. The van der Waals surface area contributed by atoms with Gasteiger partial charge in [0.1, 0.15) is 0 Å². The van der Waals surface area contributed by atoms with Gasteiger partial charge in [0.25, 0.3) is 0 Å². The highest BCUT2D eigenvalue weighted by Crippen LogP contribution is 2.26. The van der Waals surface area contributed by atoms with E-state index < -0.39 is 9.84 Å². The number of aromatic nitrogens is 1. The van der Waals surface area contributed by atoms with Gasteiger partial charge in [-0.1, -0.05) is 36.4 Å². The SMILES string of the molecule is CN(C(=O)C(Cc1cccnc1)c1ccccc1)C1CCS(=O)(=O)C1. The maximum atomic E-state index is 13.2. The Bertz CT molecular complexity index is 822. The second-order valence-electron chi connectivity index (χ2n) is 6.53. The Hall–Kier alpha value is -2.21. The minimum Gasteiger partial charge on any atom is -0.341 e. The minimum atomic E-state index is -3.03. The van der Waals surface area contributed by atoms with Gasteiger partial charge in [-0.3, -0.25) is 9.78 Å². The normalized spacial score (nSPS) is 20.1. The summed E-state index contributed by atoms with van der Waals surface area (Å²) in [6.45, 7) is 0. The summed E-state index contributed by atoms with van der Waals surface area (Å²) in [4.78, 5) is 18.9. The molecule has 25 heavy (non-hydrogen) atoms. The Labute approximate surface area is 148 Å². The van der Waals surface area contributed by atoms with Crippen LogP contribution in [0.5, 0.6) is 0 Å². The van der Waals surface area contributed by atoms with Crippen LogP contribution in [0.25, 0.3) is 0 Å². The molecule has 1 amide bonds. The number of hydrogen-bond acceptors (Lipinski definition) is 4. The monoisotopic (exact) mass is 358 g/mol. The summed E-state index contributed by atoms with van der Waals surface area (Å²) < 4.78 is 23.5. The van der Waals surface area contributed by atoms with Crippen molar-refractivity contribution in [2.75, 3.05) is 18.6 Å². The molecule has 1 aromatic carbocycles. The van der Waals surface area contributed by atoms with Crippen molar-refractivity contribution in [3.63, 3.8) is 0 Å². The lowest BCUT2D eigenvalue weighted by Gasteiger charge is -2.28. The second kappa shape index (κ2) is 7.35. The largest absolute Gasteiger partial charge is 0.341 e. The smallest absolute Gasteiger partial charge is 0.230 e. The molecule has 1 aliphatic heterocycles. The molecule has 0 aliphatic carbocycles. The molecule has 0 saturated carbocycles. The summed E-state index contributed by atoms with van der Waals surface area (Å²) in [5.74, 6) is -0.173. The van der Waals surface area contributed by atoms with Crippen molar-refractivity contribution in [3.8, 4) is 0 Å². The van der Waals surface area contributed by atoms with Gasteiger partial charge in [-0.05, 0) is 30.0 Å². The van der Waals surface area contributed by atoms with E-state index in [9.17, 15) is 13.2 Å². The van der Waals surface area contributed by atoms with Crippen LogP contribution in [0.15, 0.2) is 54.9 Å². The Morgan fingerprint density at radius 1 is 1.24 bits per heavy atom. The Kier molecular flexibility index (Phi) is 5.18. The molecular formula is C19H22N2O3S. The van der Waals surface area contributed by atoms with Crippen LogP contribution >= 0.6 is 0 Å². The molecule has 0 radical (unpaired) electrons. The zero-order chi connectivity index (χ0) is 17.9. The minimum absolute atomic E-state index is 0.0443. The van der Waals surface area contributed by atoms with Gasteiger partial charge in [0.2, 0.25) is 5.91 Å². The number of hydrogen-bond donors (Lipinski definition) is 0. The van der Waals surface area contributed by atoms with E-state index in [1.54, 1.807) is 24.3 Å². The van der Waals surface area contributed by atoms with Crippen molar-refractivity contribution in [1.29, 1.82) is 0 Å². The van der Waals surface area contributed by atoms with Crippen molar-refractivity contribution in [3.05, 3.63) is 66.0 Å². The fraction of sp³-hybridized carbons (Fsp3) is 0.368. The van der Waals surface area contributed by atoms with Crippen LogP contribution in [0.4, 0.5) is 0 Å². The average Bonchev–Trinajstić information content (AvgIpc) is 3.00. The first-order valence-electron chi connectivity index (χ1n) is 8.37. The molecule has 2 unspecified atom stereocenters. The van der Waals surface area contributed by atoms with Crippen LogP contribution in [-0.2, 0) is 21.1 Å². The van der Waals surface area contributed by atoms with E-state index >= 15 is 0 Å². The molecule has 1 fully saturated rings. The van der Waals surface area contributed by atoms with E-state index in [1.165, 1.54) is 0 Å². The highest BCUT2D eigenvalue weighted by atomic mass is 32.2. The zero-order valence-electron chi connectivity index (χ0n) is 14.2. The van der Waals surface area contributed by atoms with Gasteiger partial charge in [-0.25, -0.2) is 8.42 Å². The number of likely N-dealkylation sites (N-methyl/N-ethyl adjacent to an activating group) is 1. The first kappa shape index (κ1) is 17.6. The number of pyridine rings is 1. The fourth-order valence-electron chi connectivity index (χ4n) is 3.29. The van der Waals surface area contributed by atoms with Crippen LogP contribution in [-0.4, -0.2) is 48.8 Å². The fourth-order valence-corrected chi connectivity index (χ4v) is 5.07. The molecule has 2 atom stereocenters. The van der Waals surface area contributed by atoms with Gasteiger partial charge < -0.3 is 4.90 Å². The second-order valence-corrected chi connectivity index (χ2v) is 8.76. The highest BCUT2D eigenvalue weighted by Gasteiger charge is 2.35. The molecule has 132 valence electrons. The molecule has 2 heterocycles. The van der Waals surface area contributed by atoms with Crippen LogP contribution in [0.1, 0.15) is 23.5 Å². The molecule has 1 saturated heterocycles. The van der Waals surface area contributed by atoms with Crippen molar-refractivity contribution < 1.29 is 13.2 Å². The zero-order valence-corrected chi connectivity index (χ0v) is 15.0. The maximum absolute atomic E-state index is 13.2. The van der Waals surface area contributed by atoms with Crippen LogP contribution < -0.4 is 0 Å². The third-order valence-electron chi connectivity index (χ3n) is 4.77. The van der Waals surface area contributed by atoms with E-state index in [4.69, 9.17) is 0 Å². The predicted molar refractivity (Wildman–Crippen MR) is 97.0 cm³/mol. The Morgan fingerprint density at radius 2 is 2.00 bits per heavy atom. The standard InChI is InChI=1S/C19H22N2O3S/c1-21(17-9-11-25(23,24)14-17)19(22)18(16-7-3-2-4-8-16)12-15-6-5-10-20-13-15/h2-8,10,13,17-18H,9,11-12,14H2,1H3. The number of carbonyl (C=O) groups is 1. The van der Waals surface area contributed by atoms with E-state index in [0.717, 1.165) is 11.1 Å². The van der Waals surface area contributed by atoms with E-state index in [-0.39, 0.29) is 29.4 Å². The number of carbonyl (C=O) groups excluding carboxylic acids is 1. The molecule has 5 nitrogen and oxygen atoms in total. The molecule has 6 heteroatoms. The first-order chi connectivity index (χ1) is 12.0. The molecule has 0 N–H and O–H groups in total. The van der Waals surface area contributed by atoms with Crippen LogP contribution in [0.2, 0.25) is 0 Å². The summed E-state index contributed by atoms with van der Waals surface area (Å²) in [5.41, 5.74) is 1.92. The summed E-state index contributed by atoms with van der Waals surface area (Å²) in [6, 6.07) is 13.2. The average molecular weight is 358 g/mol. The predicted octanol–water partition coefficient (Wildman–Crippen LogP) is 2.05. The molecule has 3 rings (SSSR count). The van der Waals surface area contributed by atoms with Gasteiger partial charge in [-0.2, -0.15) is 0 Å². The number of rotatable bonds is 5. The summed E-state index contributed by atoms with van der Waals surface area (Å²) in [6.07, 6.45) is 4.53. The Balaban J connectivity index is 1.84. The molecule has 0 bridgehead atoms. The molecule has 0 spiro atoms. The summed E-state index contributed by atoms with van der Waals surface area (Å²) in [7, 11) is -1.31. The first-order valence-corrected chi connectivity index (χ1v) is 10.2. The van der Waals surface area contributed by atoms with Crippen LogP contribution in [0, 0.1) is 0 Å². The Morgan fingerprint density at radius 3 is 2.60 bits per heavy atom. The maximum Gasteiger partial charge on any atom is 0.230 e. The van der Waals surface area contributed by atoms with Crippen molar-refractivity contribution in [2.24, 2.45) is 0 Å². The lowest BCUT2D eigenvalue weighted by Crippen LogP contribution is -2.41. The van der Waals surface area contributed by atoms with Crippen molar-refractivity contribution in [2.45, 2.75) is 24.8 Å². The van der Waals surface area contributed by atoms with E-state index in [0.29, 0.717) is 12.8 Å². The molecule has 1 aromatic heterocycles.